The highest BCUT2D eigenvalue weighted by Gasteiger charge is 2.58. The fraction of sp³-hybridized carbons (Fsp3) is 0.556. The van der Waals surface area contributed by atoms with Gasteiger partial charge in [-0.05, 0) is 32.5 Å². The van der Waals surface area contributed by atoms with Gasteiger partial charge in [0.25, 0.3) is 0 Å². The van der Waals surface area contributed by atoms with Crippen molar-refractivity contribution in [3.8, 4) is 12.1 Å². The minimum Gasteiger partial charge on any atom is -0.543 e. The SMILES string of the molecule is CC1CCCC(C2(C#N)C(=O)C(Cl)=C(Cl)C(O[Si](C)(C)C)=C2C#N)C1=O. The molecule has 0 N–H and O–H groups in total. The van der Waals surface area contributed by atoms with E-state index in [9.17, 15) is 20.1 Å². The van der Waals surface area contributed by atoms with Gasteiger partial charge in [0.2, 0.25) is 14.1 Å². The van der Waals surface area contributed by atoms with Gasteiger partial charge >= 0.3 is 0 Å². The second-order valence-corrected chi connectivity index (χ2v) is 12.9. The number of nitriles is 2. The molecule has 0 radical (unpaired) electrons. The number of hydrogen-bond donors (Lipinski definition) is 0. The highest BCUT2D eigenvalue weighted by Crippen LogP contribution is 2.51. The van der Waals surface area contributed by atoms with Crippen molar-refractivity contribution in [2.75, 3.05) is 0 Å². The number of carbonyl (C=O) groups excluding carboxylic acids is 2. The van der Waals surface area contributed by atoms with Crippen LogP contribution in [0, 0.1) is 39.9 Å². The van der Waals surface area contributed by atoms with Crippen molar-refractivity contribution in [3.63, 3.8) is 0 Å². The molecule has 26 heavy (non-hydrogen) atoms. The molecule has 5 nitrogen and oxygen atoms in total. The lowest BCUT2D eigenvalue weighted by molar-refractivity contribution is -0.136. The maximum absolute atomic E-state index is 13.0. The molecule has 0 aromatic carbocycles. The van der Waals surface area contributed by atoms with Gasteiger partial charge in [-0.25, -0.2) is 0 Å². The Hall–Kier alpha value is -1.60. The van der Waals surface area contributed by atoms with Crippen molar-refractivity contribution in [2.45, 2.75) is 45.8 Å². The van der Waals surface area contributed by atoms with Crippen LogP contribution >= 0.6 is 23.2 Å². The van der Waals surface area contributed by atoms with Crippen molar-refractivity contribution < 1.29 is 14.0 Å². The second kappa shape index (κ2) is 7.19. The molecule has 0 spiro atoms. The lowest BCUT2D eigenvalue weighted by atomic mass is 9.60. The van der Waals surface area contributed by atoms with E-state index in [1.54, 1.807) is 6.92 Å². The van der Waals surface area contributed by atoms with Gasteiger partial charge in [-0.3, -0.25) is 9.59 Å². The molecule has 3 atom stereocenters. The molecule has 0 aliphatic heterocycles. The number of hydrogen-bond acceptors (Lipinski definition) is 5. The number of Topliss-reactive ketones (excluding diaryl/α,β-unsaturated/α-hetero) is 2. The van der Waals surface area contributed by atoms with E-state index in [-0.39, 0.29) is 33.1 Å². The summed E-state index contributed by atoms with van der Waals surface area (Å²) in [5, 5.41) is 19.3. The van der Waals surface area contributed by atoms with Gasteiger partial charge in [0.1, 0.15) is 33.2 Å². The first-order chi connectivity index (χ1) is 12.0. The third-order valence-electron chi connectivity index (χ3n) is 4.75. The molecule has 0 aromatic rings. The van der Waals surface area contributed by atoms with Crippen LogP contribution in [0.4, 0.5) is 0 Å². The van der Waals surface area contributed by atoms with Crippen LogP contribution in [0.2, 0.25) is 19.6 Å². The molecule has 3 unspecified atom stereocenters. The molecular formula is C18H20Cl2N2O3Si. The third kappa shape index (κ3) is 3.22. The lowest BCUT2D eigenvalue weighted by Gasteiger charge is -2.39. The van der Waals surface area contributed by atoms with E-state index in [0.717, 1.165) is 0 Å². The van der Waals surface area contributed by atoms with Crippen LogP contribution in [0.5, 0.6) is 0 Å². The molecule has 1 saturated carbocycles. The second-order valence-electron chi connectivity index (χ2n) is 7.69. The summed E-state index contributed by atoms with van der Waals surface area (Å²) in [5.41, 5.74) is -2.18. The highest BCUT2D eigenvalue weighted by molar-refractivity contribution is 6.70. The van der Waals surface area contributed by atoms with Crippen LogP contribution in [0.25, 0.3) is 0 Å². The number of nitrogens with zero attached hydrogens (tertiary/aromatic N) is 2. The fourth-order valence-electron chi connectivity index (χ4n) is 3.52. The Kier molecular flexibility index (Phi) is 5.73. The van der Waals surface area contributed by atoms with Crippen LogP contribution in [-0.4, -0.2) is 19.9 Å². The number of ketones is 2. The van der Waals surface area contributed by atoms with E-state index in [2.05, 4.69) is 0 Å². The lowest BCUT2D eigenvalue weighted by Crippen LogP contribution is -2.48. The number of allylic oxidation sites excluding steroid dienone is 3. The van der Waals surface area contributed by atoms with Gasteiger partial charge in [-0.15, -0.1) is 0 Å². The van der Waals surface area contributed by atoms with Crippen LogP contribution < -0.4 is 0 Å². The molecule has 0 aromatic heterocycles. The maximum atomic E-state index is 13.0. The zero-order chi connectivity index (χ0) is 19.9. The summed E-state index contributed by atoms with van der Waals surface area (Å²) >= 11 is 12.4. The molecule has 0 bridgehead atoms. The van der Waals surface area contributed by atoms with Crippen LogP contribution in [0.1, 0.15) is 26.2 Å². The molecule has 0 saturated heterocycles. The molecule has 138 valence electrons. The summed E-state index contributed by atoms with van der Waals surface area (Å²) in [6.07, 6.45) is 1.72. The predicted octanol–water partition coefficient (Wildman–Crippen LogP) is 4.40. The molecule has 2 aliphatic rings. The Morgan fingerprint density at radius 1 is 1.15 bits per heavy atom. The first kappa shape index (κ1) is 20.7. The first-order valence-electron chi connectivity index (χ1n) is 8.40. The largest absolute Gasteiger partial charge is 0.543 e. The Morgan fingerprint density at radius 3 is 2.27 bits per heavy atom. The average molecular weight is 411 g/mol. The summed E-state index contributed by atoms with van der Waals surface area (Å²) in [4.78, 5) is 25.9. The van der Waals surface area contributed by atoms with E-state index in [1.165, 1.54) is 0 Å². The van der Waals surface area contributed by atoms with Crippen molar-refractivity contribution in [1.82, 2.24) is 0 Å². The molecule has 0 amide bonds. The Balaban J connectivity index is 2.79. The normalized spacial score (nSPS) is 30.2. The first-order valence-corrected chi connectivity index (χ1v) is 12.6. The summed E-state index contributed by atoms with van der Waals surface area (Å²) in [6.45, 7) is 7.41. The Morgan fingerprint density at radius 2 is 1.77 bits per heavy atom. The average Bonchev–Trinajstić information content (AvgIpc) is 2.57. The maximum Gasteiger partial charge on any atom is 0.242 e. The molecule has 2 aliphatic carbocycles. The minimum absolute atomic E-state index is 0.0366. The molecule has 2 rings (SSSR count). The van der Waals surface area contributed by atoms with Gasteiger partial charge in [0.15, 0.2) is 5.41 Å². The summed E-state index contributed by atoms with van der Waals surface area (Å²) in [6, 6.07) is 3.90. The highest BCUT2D eigenvalue weighted by atomic mass is 35.5. The zero-order valence-corrected chi connectivity index (χ0v) is 17.7. The van der Waals surface area contributed by atoms with Gasteiger partial charge in [-0.1, -0.05) is 36.5 Å². The topological polar surface area (TPSA) is 90.9 Å². The summed E-state index contributed by atoms with van der Waals surface area (Å²) in [5.74, 6) is -2.25. The Bertz CT molecular complexity index is 814. The molecular weight excluding hydrogens is 391 g/mol. The van der Waals surface area contributed by atoms with Crippen molar-refractivity contribution in [3.05, 3.63) is 21.4 Å². The van der Waals surface area contributed by atoms with E-state index >= 15 is 0 Å². The monoisotopic (exact) mass is 410 g/mol. The standard InChI is InChI=1S/C18H20Cl2N2O3Si/c1-10-6-5-7-11(15(10)23)18(9-22)12(8-21)16(25-26(2,3)4)13(19)14(20)17(18)24/h10-11H,5-7H2,1-4H3. The van der Waals surface area contributed by atoms with E-state index in [4.69, 9.17) is 27.6 Å². The molecule has 1 fully saturated rings. The van der Waals surface area contributed by atoms with Crippen molar-refractivity contribution in [1.29, 1.82) is 10.5 Å². The van der Waals surface area contributed by atoms with E-state index < -0.39 is 25.4 Å². The van der Waals surface area contributed by atoms with Gasteiger partial charge in [-0.2, -0.15) is 10.5 Å². The summed E-state index contributed by atoms with van der Waals surface area (Å²) in [7, 11) is -2.24. The minimum atomic E-state index is -2.24. The van der Waals surface area contributed by atoms with Crippen LogP contribution in [-0.2, 0) is 14.0 Å². The van der Waals surface area contributed by atoms with E-state index in [1.807, 2.05) is 31.8 Å². The predicted molar refractivity (Wildman–Crippen MR) is 100 cm³/mol. The van der Waals surface area contributed by atoms with Gasteiger partial charge in [0, 0.05) is 11.8 Å². The van der Waals surface area contributed by atoms with Gasteiger partial charge < -0.3 is 4.43 Å². The molecule has 0 heterocycles. The van der Waals surface area contributed by atoms with Crippen LogP contribution in [0.3, 0.4) is 0 Å². The third-order valence-corrected chi connectivity index (χ3v) is 6.38. The van der Waals surface area contributed by atoms with E-state index in [0.29, 0.717) is 19.3 Å². The zero-order valence-electron chi connectivity index (χ0n) is 15.2. The van der Waals surface area contributed by atoms with Crippen molar-refractivity contribution in [2.24, 2.45) is 17.3 Å². The van der Waals surface area contributed by atoms with Crippen molar-refractivity contribution >= 4 is 43.1 Å². The fourth-order valence-corrected chi connectivity index (χ4v) is 4.85. The quantitative estimate of drug-likeness (QED) is 0.642. The number of carbonyl (C=O) groups is 2. The van der Waals surface area contributed by atoms with Crippen LogP contribution in [0.15, 0.2) is 21.4 Å². The molecule has 8 heteroatoms. The number of rotatable bonds is 3. The number of halogens is 2. The summed E-state index contributed by atoms with van der Waals surface area (Å²) < 4.78 is 5.93. The Labute approximate surface area is 164 Å². The smallest absolute Gasteiger partial charge is 0.242 e. The van der Waals surface area contributed by atoms with Gasteiger partial charge in [0.05, 0.1) is 6.07 Å².